The summed E-state index contributed by atoms with van der Waals surface area (Å²) in [5.41, 5.74) is 2.77. The summed E-state index contributed by atoms with van der Waals surface area (Å²) < 4.78 is 11.2. The number of nitrogens with one attached hydrogen (secondary N) is 1. The largest absolute Gasteiger partial charge is 0.486 e. The third-order valence-electron chi connectivity index (χ3n) is 3.05. The molecular formula is C15H23NO2. The minimum atomic E-state index is 0.168. The molecule has 1 aromatic rings. The maximum atomic E-state index is 5.62. The van der Waals surface area contributed by atoms with Crippen LogP contribution in [0.5, 0.6) is 11.5 Å². The van der Waals surface area contributed by atoms with E-state index in [0.717, 1.165) is 24.5 Å². The van der Waals surface area contributed by atoms with Crippen LogP contribution in [0.15, 0.2) is 12.1 Å². The summed E-state index contributed by atoms with van der Waals surface area (Å²) in [7, 11) is 0. The first-order valence-electron chi connectivity index (χ1n) is 6.60. The number of hydrogen-bond donors (Lipinski definition) is 1. The van der Waals surface area contributed by atoms with Gasteiger partial charge >= 0.3 is 0 Å². The molecule has 0 bridgehead atoms. The highest BCUT2D eigenvalue weighted by Gasteiger charge is 2.14. The van der Waals surface area contributed by atoms with Crippen LogP contribution in [-0.2, 0) is 6.42 Å². The molecule has 0 spiro atoms. The van der Waals surface area contributed by atoms with E-state index in [4.69, 9.17) is 9.47 Å². The Morgan fingerprint density at radius 2 is 1.72 bits per heavy atom. The summed E-state index contributed by atoms with van der Waals surface area (Å²) in [4.78, 5) is 0. The fourth-order valence-electron chi connectivity index (χ4n) is 2.07. The molecule has 2 rings (SSSR count). The second-order valence-corrected chi connectivity index (χ2v) is 5.85. The zero-order valence-corrected chi connectivity index (χ0v) is 11.8. The standard InChI is InChI=1S/C15H23NO2/c1-11-9-13-14(18-8-7-17-13)10-12(11)5-6-16-15(2,3)4/h9-10,16H,5-8H2,1-4H3. The van der Waals surface area contributed by atoms with E-state index in [9.17, 15) is 0 Å². The number of ether oxygens (including phenoxy) is 2. The third-order valence-corrected chi connectivity index (χ3v) is 3.05. The van der Waals surface area contributed by atoms with E-state index in [0.29, 0.717) is 13.2 Å². The molecule has 0 atom stereocenters. The summed E-state index contributed by atoms with van der Waals surface area (Å²) >= 11 is 0. The van der Waals surface area contributed by atoms with Crippen molar-refractivity contribution >= 4 is 0 Å². The van der Waals surface area contributed by atoms with Gasteiger partial charge in [0.1, 0.15) is 13.2 Å². The van der Waals surface area contributed by atoms with E-state index < -0.39 is 0 Å². The van der Waals surface area contributed by atoms with Crippen LogP contribution in [0.25, 0.3) is 0 Å². The van der Waals surface area contributed by atoms with Gasteiger partial charge in [-0.25, -0.2) is 0 Å². The van der Waals surface area contributed by atoms with Crippen LogP contribution in [0.4, 0.5) is 0 Å². The van der Waals surface area contributed by atoms with Crippen LogP contribution < -0.4 is 14.8 Å². The molecule has 0 amide bonds. The maximum Gasteiger partial charge on any atom is 0.161 e. The van der Waals surface area contributed by atoms with Gasteiger partial charge in [0.05, 0.1) is 0 Å². The lowest BCUT2D eigenvalue weighted by Crippen LogP contribution is -2.37. The fourth-order valence-corrected chi connectivity index (χ4v) is 2.07. The predicted octanol–water partition coefficient (Wildman–Crippen LogP) is 2.70. The van der Waals surface area contributed by atoms with E-state index in [1.807, 2.05) is 0 Å². The monoisotopic (exact) mass is 249 g/mol. The maximum absolute atomic E-state index is 5.62. The third kappa shape index (κ3) is 3.39. The fraction of sp³-hybridized carbons (Fsp3) is 0.600. The average molecular weight is 249 g/mol. The SMILES string of the molecule is Cc1cc2c(cc1CCNC(C)(C)C)OCCO2. The Balaban J connectivity index is 2.04. The summed E-state index contributed by atoms with van der Waals surface area (Å²) in [5.74, 6) is 1.77. The van der Waals surface area contributed by atoms with E-state index in [1.165, 1.54) is 11.1 Å². The Morgan fingerprint density at radius 3 is 2.33 bits per heavy atom. The van der Waals surface area contributed by atoms with Crippen molar-refractivity contribution in [3.63, 3.8) is 0 Å². The van der Waals surface area contributed by atoms with Crippen LogP contribution in [0.2, 0.25) is 0 Å². The lowest BCUT2D eigenvalue weighted by molar-refractivity contribution is 0.171. The van der Waals surface area contributed by atoms with Gasteiger partial charge in [-0.1, -0.05) is 0 Å². The molecule has 0 saturated carbocycles. The van der Waals surface area contributed by atoms with Gasteiger partial charge in [0, 0.05) is 5.54 Å². The minimum Gasteiger partial charge on any atom is -0.486 e. The molecule has 1 aromatic carbocycles. The number of hydrogen-bond acceptors (Lipinski definition) is 3. The van der Waals surface area contributed by atoms with Gasteiger partial charge in [0.15, 0.2) is 11.5 Å². The van der Waals surface area contributed by atoms with Crippen LogP contribution >= 0.6 is 0 Å². The van der Waals surface area contributed by atoms with Gasteiger partial charge < -0.3 is 14.8 Å². The Kier molecular flexibility index (Phi) is 3.81. The molecule has 1 aliphatic rings. The van der Waals surface area contributed by atoms with Crippen molar-refractivity contribution in [2.45, 2.75) is 39.7 Å². The van der Waals surface area contributed by atoms with Crippen molar-refractivity contribution in [3.05, 3.63) is 23.3 Å². The molecule has 0 fully saturated rings. The first kappa shape index (κ1) is 13.2. The summed E-state index contributed by atoms with van der Waals surface area (Å²) in [6, 6.07) is 4.20. The molecule has 1 heterocycles. The van der Waals surface area contributed by atoms with E-state index in [2.05, 4.69) is 45.1 Å². The lowest BCUT2D eigenvalue weighted by atomic mass is 10.0. The quantitative estimate of drug-likeness (QED) is 0.893. The molecule has 3 heteroatoms. The van der Waals surface area contributed by atoms with E-state index >= 15 is 0 Å². The molecule has 1 N–H and O–H groups in total. The number of benzene rings is 1. The molecule has 18 heavy (non-hydrogen) atoms. The highest BCUT2D eigenvalue weighted by Crippen LogP contribution is 2.33. The zero-order valence-electron chi connectivity index (χ0n) is 11.8. The van der Waals surface area contributed by atoms with Crippen LogP contribution in [0.3, 0.4) is 0 Å². The minimum absolute atomic E-state index is 0.168. The van der Waals surface area contributed by atoms with Gasteiger partial charge in [-0.15, -0.1) is 0 Å². The Bertz CT molecular complexity index is 421. The van der Waals surface area contributed by atoms with Crippen LogP contribution in [0, 0.1) is 6.92 Å². The van der Waals surface area contributed by atoms with Gasteiger partial charge in [-0.2, -0.15) is 0 Å². The average Bonchev–Trinajstić information content (AvgIpc) is 2.28. The molecule has 0 radical (unpaired) electrons. The van der Waals surface area contributed by atoms with E-state index in [1.54, 1.807) is 0 Å². The topological polar surface area (TPSA) is 30.5 Å². The molecule has 0 aliphatic carbocycles. The van der Waals surface area contributed by atoms with Crippen molar-refractivity contribution in [2.24, 2.45) is 0 Å². The zero-order chi connectivity index (χ0) is 13.2. The second-order valence-electron chi connectivity index (χ2n) is 5.85. The van der Waals surface area contributed by atoms with Gasteiger partial charge in [0.2, 0.25) is 0 Å². The Morgan fingerprint density at radius 1 is 1.11 bits per heavy atom. The molecule has 0 unspecified atom stereocenters. The van der Waals surface area contributed by atoms with Crippen molar-refractivity contribution in [1.82, 2.24) is 5.32 Å². The normalized spacial score (nSPS) is 14.7. The highest BCUT2D eigenvalue weighted by molar-refractivity contribution is 5.47. The van der Waals surface area contributed by atoms with Crippen LogP contribution in [0.1, 0.15) is 31.9 Å². The first-order valence-corrected chi connectivity index (χ1v) is 6.60. The van der Waals surface area contributed by atoms with E-state index in [-0.39, 0.29) is 5.54 Å². The van der Waals surface area contributed by atoms with Crippen molar-refractivity contribution in [1.29, 1.82) is 0 Å². The second kappa shape index (κ2) is 5.19. The number of aryl methyl sites for hydroxylation is 1. The first-order chi connectivity index (χ1) is 8.46. The summed E-state index contributed by atoms with van der Waals surface area (Å²) in [6.07, 6.45) is 1.01. The Hall–Kier alpha value is -1.22. The van der Waals surface area contributed by atoms with Gasteiger partial charge in [0.25, 0.3) is 0 Å². The van der Waals surface area contributed by atoms with Gasteiger partial charge in [-0.3, -0.25) is 0 Å². The summed E-state index contributed by atoms with van der Waals surface area (Å²) in [5, 5.41) is 3.51. The summed E-state index contributed by atoms with van der Waals surface area (Å²) in [6.45, 7) is 11.0. The van der Waals surface area contributed by atoms with Crippen molar-refractivity contribution < 1.29 is 9.47 Å². The smallest absolute Gasteiger partial charge is 0.161 e. The molecule has 1 aliphatic heterocycles. The molecule has 3 nitrogen and oxygen atoms in total. The van der Waals surface area contributed by atoms with Crippen molar-refractivity contribution in [3.8, 4) is 11.5 Å². The lowest BCUT2D eigenvalue weighted by Gasteiger charge is -2.22. The highest BCUT2D eigenvalue weighted by atomic mass is 16.6. The Labute approximate surface area is 109 Å². The molecule has 0 saturated heterocycles. The number of fused-ring (bicyclic) bond motifs is 1. The van der Waals surface area contributed by atoms with Gasteiger partial charge in [-0.05, 0) is 63.9 Å². The number of rotatable bonds is 3. The molecule has 100 valence electrons. The molecular weight excluding hydrogens is 226 g/mol. The van der Waals surface area contributed by atoms with Crippen LogP contribution in [-0.4, -0.2) is 25.3 Å². The van der Waals surface area contributed by atoms with Crippen molar-refractivity contribution in [2.75, 3.05) is 19.8 Å². The predicted molar refractivity (Wildman–Crippen MR) is 73.6 cm³/mol. The molecule has 0 aromatic heterocycles.